The van der Waals surface area contributed by atoms with Crippen molar-refractivity contribution in [2.75, 3.05) is 26.9 Å². The Morgan fingerprint density at radius 2 is 2.05 bits per heavy atom. The molecule has 0 amide bonds. The maximum Gasteiger partial charge on any atom is 0.338 e. The number of ether oxygens (including phenoxy) is 2. The van der Waals surface area contributed by atoms with Crippen molar-refractivity contribution < 1.29 is 14.3 Å². The zero-order valence-corrected chi connectivity index (χ0v) is 12.3. The second-order valence-corrected chi connectivity index (χ2v) is 5.68. The Hall–Kier alpha value is -1.39. The monoisotopic (exact) mass is 277 g/mol. The molecule has 0 unspecified atom stereocenters. The molecule has 0 aliphatic carbocycles. The number of benzene rings is 1. The molecule has 1 saturated heterocycles. The Morgan fingerprint density at radius 3 is 2.75 bits per heavy atom. The van der Waals surface area contributed by atoms with Gasteiger partial charge in [0.15, 0.2) is 0 Å². The lowest BCUT2D eigenvalue weighted by atomic mass is 9.82. The van der Waals surface area contributed by atoms with Crippen LogP contribution in [0, 0.1) is 5.41 Å². The highest BCUT2D eigenvalue weighted by atomic mass is 16.5. The average molecular weight is 277 g/mol. The fraction of sp³-hybridized carbons (Fsp3) is 0.562. The summed E-state index contributed by atoms with van der Waals surface area (Å²) in [4.78, 5) is 11.7. The summed E-state index contributed by atoms with van der Waals surface area (Å²) in [5, 5.41) is 3.47. The summed E-state index contributed by atoms with van der Waals surface area (Å²) in [7, 11) is 1.41. The molecule has 4 nitrogen and oxygen atoms in total. The van der Waals surface area contributed by atoms with Crippen LogP contribution < -0.4 is 5.32 Å². The highest BCUT2D eigenvalue weighted by Gasteiger charge is 2.26. The molecule has 4 heteroatoms. The third kappa shape index (κ3) is 3.81. The van der Waals surface area contributed by atoms with Crippen molar-refractivity contribution in [1.82, 2.24) is 5.32 Å². The average Bonchev–Trinajstić information content (AvgIpc) is 2.47. The molecule has 0 aromatic heterocycles. The van der Waals surface area contributed by atoms with Gasteiger partial charge >= 0.3 is 5.97 Å². The van der Waals surface area contributed by atoms with Gasteiger partial charge in [-0.15, -0.1) is 0 Å². The molecule has 1 aliphatic heterocycles. The van der Waals surface area contributed by atoms with E-state index in [0.717, 1.165) is 38.2 Å². The lowest BCUT2D eigenvalue weighted by Crippen LogP contribution is -2.36. The quantitative estimate of drug-likeness (QED) is 0.839. The molecule has 1 aromatic rings. The Labute approximate surface area is 120 Å². The van der Waals surface area contributed by atoms with Gasteiger partial charge in [0.2, 0.25) is 0 Å². The third-order valence-corrected chi connectivity index (χ3v) is 3.99. The van der Waals surface area contributed by atoms with E-state index >= 15 is 0 Å². The Kier molecular flexibility index (Phi) is 5.15. The first-order valence-electron chi connectivity index (χ1n) is 7.09. The van der Waals surface area contributed by atoms with Gasteiger partial charge in [0.1, 0.15) is 0 Å². The fourth-order valence-electron chi connectivity index (χ4n) is 2.52. The van der Waals surface area contributed by atoms with Gasteiger partial charge in [-0.1, -0.05) is 25.1 Å². The molecule has 1 heterocycles. The molecule has 0 bridgehead atoms. The van der Waals surface area contributed by atoms with Crippen LogP contribution in [0.1, 0.15) is 35.7 Å². The van der Waals surface area contributed by atoms with E-state index in [2.05, 4.69) is 12.2 Å². The van der Waals surface area contributed by atoms with Gasteiger partial charge in [0.25, 0.3) is 0 Å². The SMILES string of the molecule is COC(=O)c1ccccc1CNCC1(C)CCOCC1. The van der Waals surface area contributed by atoms with Crippen LogP contribution in [-0.2, 0) is 16.0 Å². The number of carbonyl (C=O) groups excluding carboxylic acids is 1. The van der Waals surface area contributed by atoms with E-state index in [1.165, 1.54) is 7.11 Å². The van der Waals surface area contributed by atoms with E-state index in [1.54, 1.807) is 6.07 Å². The van der Waals surface area contributed by atoms with E-state index < -0.39 is 0 Å². The number of esters is 1. The highest BCUT2D eigenvalue weighted by Crippen LogP contribution is 2.28. The summed E-state index contributed by atoms with van der Waals surface area (Å²) in [5.74, 6) is -0.278. The topological polar surface area (TPSA) is 47.6 Å². The van der Waals surface area contributed by atoms with Crippen molar-refractivity contribution in [2.45, 2.75) is 26.3 Å². The predicted molar refractivity (Wildman–Crippen MR) is 77.6 cm³/mol. The van der Waals surface area contributed by atoms with Crippen LogP contribution in [0.4, 0.5) is 0 Å². The molecule has 20 heavy (non-hydrogen) atoms. The normalized spacial score (nSPS) is 17.7. The number of rotatable bonds is 5. The number of carbonyl (C=O) groups is 1. The van der Waals surface area contributed by atoms with E-state index in [0.29, 0.717) is 17.5 Å². The number of hydrogen-bond donors (Lipinski definition) is 1. The van der Waals surface area contributed by atoms with Crippen LogP contribution in [0.25, 0.3) is 0 Å². The van der Waals surface area contributed by atoms with Crippen molar-refractivity contribution in [2.24, 2.45) is 5.41 Å². The van der Waals surface area contributed by atoms with Crippen molar-refractivity contribution in [3.05, 3.63) is 35.4 Å². The summed E-state index contributed by atoms with van der Waals surface area (Å²) in [6.07, 6.45) is 2.16. The molecule has 0 saturated carbocycles. The number of nitrogens with one attached hydrogen (secondary N) is 1. The van der Waals surface area contributed by atoms with Gasteiger partial charge in [0, 0.05) is 26.3 Å². The van der Waals surface area contributed by atoms with E-state index in [9.17, 15) is 4.79 Å². The number of hydrogen-bond acceptors (Lipinski definition) is 4. The highest BCUT2D eigenvalue weighted by molar-refractivity contribution is 5.90. The summed E-state index contributed by atoms with van der Waals surface area (Å²) in [5.41, 5.74) is 1.91. The molecular formula is C16H23NO3. The van der Waals surface area contributed by atoms with Gasteiger partial charge in [-0.2, -0.15) is 0 Å². The first kappa shape index (κ1) is 15.0. The minimum absolute atomic E-state index is 0.278. The summed E-state index contributed by atoms with van der Waals surface area (Å²) >= 11 is 0. The van der Waals surface area contributed by atoms with Crippen LogP contribution >= 0.6 is 0 Å². The lowest BCUT2D eigenvalue weighted by molar-refractivity contribution is 0.0240. The van der Waals surface area contributed by atoms with Gasteiger partial charge in [-0.05, 0) is 29.9 Å². The van der Waals surface area contributed by atoms with Gasteiger partial charge < -0.3 is 14.8 Å². The van der Waals surface area contributed by atoms with E-state index in [1.807, 2.05) is 18.2 Å². The van der Waals surface area contributed by atoms with Crippen LogP contribution in [0.2, 0.25) is 0 Å². The zero-order valence-electron chi connectivity index (χ0n) is 12.3. The first-order chi connectivity index (χ1) is 9.64. The van der Waals surface area contributed by atoms with Crippen LogP contribution in [-0.4, -0.2) is 32.8 Å². The minimum atomic E-state index is -0.278. The molecule has 0 atom stereocenters. The molecule has 1 aliphatic rings. The molecular weight excluding hydrogens is 254 g/mol. The van der Waals surface area contributed by atoms with Crippen molar-refractivity contribution in [3.8, 4) is 0 Å². The molecule has 0 spiro atoms. The Morgan fingerprint density at radius 1 is 1.35 bits per heavy atom. The zero-order chi connectivity index (χ0) is 14.4. The van der Waals surface area contributed by atoms with Crippen LogP contribution in [0.5, 0.6) is 0 Å². The molecule has 1 N–H and O–H groups in total. The minimum Gasteiger partial charge on any atom is -0.465 e. The van der Waals surface area contributed by atoms with E-state index in [-0.39, 0.29) is 5.97 Å². The predicted octanol–water partition coefficient (Wildman–Crippen LogP) is 2.38. The maximum atomic E-state index is 11.7. The second kappa shape index (κ2) is 6.86. The summed E-state index contributed by atoms with van der Waals surface area (Å²) in [6.45, 7) is 5.59. The van der Waals surface area contributed by atoms with Gasteiger partial charge in [0.05, 0.1) is 12.7 Å². The Balaban J connectivity index is 1.92. The third-order valence-electron chi connectivity index (χ3n) is 3.99. The smallest absolute Gasteiger partial charge is 0.338 e. The first-order valence-corrected chi connectivity index (χ1v) is 7.09. The lowest BCUT2D eigenvalue weighted by Gasteiger charge is -2.33. The Bertz CT molecular complexity index is 453. The van der Waals surface area contributed by atoms with Crippen molar-refractivity contribution in [3.63, 3.8) is 0 Å². The maximum absolute atomic E-state index is 11.7. The molecule has 2 rings (SSSR count). The second-order valence-electron chi connectivity index (χ2n) is 5.68. The molecule has 110 valence electrons. The van der Waals surface area contributed by atoms with E-state index in [4.69, 9.17) is 9.47 Å². The largest absolute Gasteiger partial charge is 0.465 e. The van der Waals surface area contributed by atoms with Gasteiger partial charge in [-0.25, -0.2) is 4.79 Å². The molecule has 0 radical (unpaired) electrons. The van der Waals surface area contributed by atoms with Crippen molar-refractivity contribution >= 4 is 5.97 Å². The van der Waals surface area contributed by atoms with Crippen molar-refractivity contribution in [1.29, 1.82) is 0 Å². The standard InChI is InChI=1S/C16H23NO3/c1-16(7-9-20-10-8-16)12-17-11-13-5-3-4-6-14(13)15(18)19-2/h3-6,17H,7-12H2,1-2H3. The van der Waals surface area contributed by atoms with Gasteiger partial charge in [-0.3, -0.25) is 0 Å². The fourth-order valence-corrected chi connectivity index (χ4v) is 2.52. The van der Waals surface area contributed by atoms with Crippen LogP contribution in [0.3, 0.4) is 0 Å². The molecule has 1 fully saturated rings. The van der Waals surface area contributed by atoms with Crippen LogP contribution in [0.15, 0.2) is 24.3 Å². The number of methoxy groups -OCH3 is 1. The summed E-state index contributed by atoms with van der Waals surface area (Å²) < 4.78 is 10.2. The summed E-state index contributed by atoms with van der Waals surface area (Å²) in [6, 6.07) is 7.57. The molecule has 1 aromatic carbocycles.